The van der Waals surface area contributed by atoms with Gasteiger partial charge in [-0.25, -0.2) is 0 Å². The molecule has 0 radical (unpaired) electrons. The molecule has 0 aliphatic carbocycles. The van der Waals surface area contributed by atoms with Crippen LogP contribution in [-0.4, -0.2) is 66.3 Å². The number of carbonyl (C=O) groups is 5. The molecular weight excluding hydrogens is 464 g/mol. The molecule has 5 atom stereocenters. The molecule has 180 valence electrons. The number of rotatable bonds is 7. The number of hydrogen-bond donors (Lipinski definition) is 1. The Hall–Kier alpha value is -3.02. The van der Waals surface area contributed by atoms with Gasteiger partial charge in [-0.3, -0.25) is 24.0 Å². The van der Waals surface area contributed by atoms with E-state index in [1.807, 2.05) is 0 Å². The molecule has 1 aromatic carbocycles. The lowest BCUT2D eigenvalue weighted by molar-refractivity contribution is -0.360. The molecule has 1 fully saturated rings. The van der Waals surface area contributed by atoms with Gasteiger partial charge in [-0.2, -0.15) is 0 Å². The van der Waals surface area contributed by atoms with Crippen LogP contribution in [0.2, 0.25) is 5.02 Å². The van der Waals surface area contributed by atoms with Crippen molar-refractivity contribution in [3.8, 4) is 0 Å². The van der Waals surface area contributed by atoms with Gasteiger partial charge in [-0.1, -0.05) is 17.7 Å². The summed E-state index contributed by atoms with van der Waals surface area (Å²) in [5, 5.41) is 11.7. The van der Waals surface area contributed by atoms with E-state index in [0.717, 1.165) is 27.7 Å². The van der Waals surface area contributed by atoms with Gasteiger partial charge in [0.25, 0.3) is 0 Å². The Kier molecular flexibility index (Phi) is 8.53. The molecule has 2 rings (SSSR count). The minimum Gasteiger partial charge on any atom is -0.463 e. The second-order valence-electron chi connectivity index (χ2n) is 7.19. The van der Waals surface area contributed by atoms with Crippen LogP contribution in [0.15, 0.2) is 18.2 Å². The summed E-state index contributed by atoms with van der Waals surface area (Å²) >= 11 is 5.97. The van der Waals surface area contributed by atoms with E-state index in [2.05, 4.69) is 0 Å². The molecule has 0 saturated carbocycles. The normalized spacial score (nSPS) is 26.6. The lowest BCUT2D eigenvalue weighted by Crippen LogP contribution is -2.66. The summed E-state index contributed by atoms with van der Waals surface area (Å²) in [4.78, 5) is 58.3. The first-order valence-corrected chi connectivity index (χ1v) is 10.1. The third-order valence-electron chi connectivity index (χ3n) is 4.59. The SMILES string of the molecule is CC(=O)OC[C@H]1OC(O)(c2ccc(Cl)c(C=O)c2)[C@H](OC(C)=O)[C@@H](OC(C)=O)[C@@H]1OC(C)=O. The number of aliphatic hydroxyl groups is 1. The highest BCUT2D eigenvalue weighted by Crippen LogP contribution is 2.41. The van der Waals surface area contributed by atoms with E-state index >= 15 is 0 Å². The minimum absolute atomic E-state index is 0.0181. The highest BCUT2D eigenvalue weighted by Gasteiger charge is 2.60. The fourth-order valence-electron chi connectivity index (χ4n) is 3.37. The van der Waals surface area contributed by atoms with E-state index in [1.54, 1.807) is 0 Å². The van der Waals surface area contributed by atoms with E-state index in [4.69, 9.17) is 35.3 Å². The monoisotopic (exact) mass is 486 g/mol. The summed E-state index contributed by atoms with van der Waals surface area (Å²) in [6.45, 7) is 3.77. The lowest BCUT2D eigenvalue weighted by Gasteiger charge is -2.48. The van der Waals surface area contributed by atoms with Crippen LogP contribution in [0, 0.1) is 0 Å². The highest BCUT2D eigenvalue weighted by atomic mass is 35.5. The molecule has 12 heteroatoms. The summed E-state index contributed by atoms with van der Waals surface area (Å²) in [6, 6.07) is 3.78. The number of carbonyl (C=O) groups excluding carboxylic acids is 5. The molecule has 0 spiro atoms. The molecule has 11 nitrogen and oxygen atoms in total. The van der Waals surface area contributed by atoms with Crippen LogP contribution in [0.4, 0.5) is 0 Å². The predicted molar refractivity (Wildman–Crippen MR) is 109 cm³/mol. The van der Waals surface area contributed by atoms with Crippen molar-refractivity contribution < 1.29 is 52.8 Å². The van der Waals surface area contributed by atoms with Crippen LogP contribution >= 0.6 is 11.6 Å². The zero-order valence-electron chi connectivity index (χ0n) is 18.2. The first-order chi connectivity index (χ1) is 15.4. The van der Waals surface area contributed by atoms with Gasteiger partial charge in [0.1, 0.15) is 12.7 Å². The van der Waals surface area contributed by atoms with E-state index in [-0.39, 0.29) is 16.1 Å². The van der Waals surface area contributed by atoms with Crippen LogP contribution < -0.4 is 0 Å². The molecule has 1 unspecified atom stereocenters. The number of esters is 4. The van der Waals surface area contributed by atoms with E-state index < -0.39 is 60.7 Å². The summed E-state index contributed by atoms with van der Waals surface area (Å²) < 4.78 is 26.5. The zero-order chi connectivity index (χ0) is 24.9. The van der Waals surface area contributed by atoms with E-state index in [0.29, 0.717) is 6.29 Å². The van der Waals surface area contributed by atoms with Crippen molar-refractivity contribution in [1.29, 1.82) is 0 Å². The van der Waals surface area contributed by atoms with Crippen molar-refractivity contribution in [3.05, 3.63) is 34.3 Å². The number of aldehydes is 1. The molecule has 0 bridgehead atoms. The second kappa shape index (κ2) is 10.7. The van der Waals surface area contributed by atoms with Crippen molar-refractivity contribution in [1.82, 2.24) is 0 Å². The zero-order valence-corrected chi connectivity index (χ0v) is 19.0. The molecule has 0 aromatic heterocycles. The molecule has 1 aliphatic heterocycles. The van der Waals surface area contributed by atoms with Gasteiger partial charge in [0.05, 0.1) is 5.02 Å². The standard InChI is InChI=1S/C21H23ClO11/c1-10(24)29-9-17-18(30-11(2)25)19(31-12(3)26)20(32-13(4)27)21(28,33-17)15-5-6-16(22)14(7-15)8-23/h5-8,17-20,28H,9H2,1-4H3/t17-,18-,19+,20-,21?/m1/s1. The number of hydrogen-bond acceptors (Lipinski definition) is 11. The summed E-state index contributed by atoms with van der Waals surface area (Å²) in [6.07, 6.45) is -5.70. The first kappa shape index (κ1) is 26.2. The molecule has 1 aliphatic rings. The third-order valence-corrected chi connectivity index (χ3v) is 4.93. The topological polar surface area (TPSA) is 152 Å². The van der Waals surface area contributed by atoms with Crippen LogP contribution in [0.5, 0.6) is 0 Å². The van der Waals surface area contributed by atoms with Crippen molar-refractivity contribution in [3.63, 3.8) is 0 Å². The summed E-state index contributed by atoms with van der Waals surface area (Å²) in [5.41, 5.74) is -0.109. The van der Waals surface area contributed by atoms with E-state index in [9.17, 15) is 29.1 Å². The van der Waals surface area contributed by atoms with Crippen LogP contribution in [0.1, 0.15) is 43.6 Å². The largest absolute Gasteiger partial charge is 0.463 e. The maximum absolute atomic E-state index is 11.9. The van der Waals surface area contributed by atoms with Crippen molar-refractivity contribution in [2.24, 2.45) is 0 Å². The highest BCUT2D eigenvalue weighted by molar-refractivity contribution is 6.32. The summed E-state index contributed by atoms with van der Waals surface area (Å²) in [7, 11) is 0. The average Bonchev–Trinajstić information content (AvgIpc) is 2.70. The quantitative estimate of drug-likeness (QED) is 0.334. The molecular formula is C21H23ClO11. The van der Waals surface area contributed by atoms with Gasteiger partial charge in [-0.15, -0.1) is 0 Å². The number of halogens is 1. The molecule has 1 saturated heterocycles. The Morgan fingerprint density at radius 2 is 1.58 bits per heavy atom. The second-order valence-corrected chi connectivity index (χ2v) is 7.59. The Morgan fingerprint density at radius 1 is 1.00 bits per heavy atom. The van der Waals surface area contributed by atoms with Gasteiger partial charge in [0, 0.05) is 38.8 Å². The first-order valence-electron chi connectivity index (χ1n) is 9.69. The maximum Gasteiger partial charge on any atom is 0.303 e. The van der Waals surface area contributed by atoms with Crippen LogP contribution in [0.25, 0.3) is 0 Å². The lowest BCUT2D eigenvalue weighted by atomic mass is 9.87. The third kappa shape index (κ3) is 6.28. The fourth-order valence-corrected chi connectivity index (χ4v) is 3.53. The number of ether oxygens (including phenoxy) is 5. The summed E-state index contributed by atoms with van der Waals surface area (Å²) in [5.74, 6) is -5.78. The molecule has 1 aromatic rings. The molecule has 1 heterocycles. The molecule has 33 heavy (non-hydrogen) atoms. The van der Waals surface area contributed by atoms with E-state index in [1.165, 1.54) is 18.2 Å². The Labute approximate surface area is 193 Å². The van der Waals surface area contributed by atoms with Crippen LogP contribution in [0.3, 0.4) is 0 Å². The average molecular weight is 487 g/mol. The van der Waals surface area contributed by atoms with Crippen molar-refractivity contribution in [2.75, 3.05) is 6.61 Å². The Balaban J connectivity index is 2.69. The minimum atomic E-state index is -2.53. The van der Waals surface area contributed by atoms with Crippen LogP contribution in [-0.2, 0) is 48.6 Å². The van der Waals surface area contributed by atoms with Crippen molar-refractivity contribution in [2.45, 2.75) is 57.9 Å². The smallest absolute Gasteiger partial charge is 0.303 e. The Bertz CT molecular complexity index is 946. The van der Waals surface area contributed by atoms with Gasteiger partial charge >= 0.3 is 23.9 Å². The van der Waals surface area contributed by atoms with Crippen molar-refractivity contribution >= 4 is 41.8 Å². The van der Waals surface area contributed by atoms with Gasteiger partial charge in [-0.05, 0) is 12.1 Å². The van der Waals surface area contributed by atoms with Gasteiger partial charge < -0.3 is 28.8 Å². The number of benzene rings is 1. The van der Waals surface area contributed by atoms with Gasteiger partial charge in [0.2, 0.25) is 11.9 Å². The fraction of sp³-hybridized carbons (Fsp3) is 0.476. The maximum atomic E-state index is 11.9. The Morgan fingerprint density at radius 3 is 2.09 bits per heavy atom. The predicted octanol–water partition coefficient (Wildman–Crippen LogP) is 1.05. The van der Waals surface area contributed by atoms with Gasteiger partial charge in [0.15, 0.2) is 18.5 Å². The molecule has 1 N–H and O–H groups in total. The molecule has 0 amide bonds.